The Kier molecular flexibility index (Phi) is 4.50. The van der Waals surface area contributed by atoms with E-state index >= 15 is 4.39 Å². The molecule has 0 aliphatic carbocycles. The zero-order chi connectivity index (χ0) is 23.7. The molecule has 4 aromatic rings. The van der Waals surface area contributed by atoms with Gasteiger partial charge in [0.05, 0.1) is 11.2 Å². The predicted octanol–water partition coefficient (Wildman–Crippen LogP) is 4.01. The van der Waals surface area contributed by atoms with Gasteiger partial charge in [0.15, 0.2) is 0 Å². The maximum Gasteiger partial charge on any atom is 0.341 e. The molecule has 6 rings (SSSR count). The molecule has 1 aromatic heterocycles. The second-order valence-corrected chi connectivity index (χ2v) is 9.18. The minimum Gasteiger partial charge on any atom is -0.477 e. The first kappa shape index (κ1) is 20.8. The second kappa shape index (κ2) is 7.36. The molecule has 2 unspecified atom stereocenters. The molecule has 2 saturated heterocycles. The third-order valence-electron chi connectivity index (χ3n) is 7.19. The highest BCUT2D eigenvalue weighted by Gasteiger charge is 2.42. The molecule has 34 heavy (non-hydrogen) atoms. The molecule has 1 N–H and O–H groups in total. The van der Waals surface area contributed by atoms with Crippen molar-refractivity contribution < 1.29 is 18.7 Å². The summed E-state index contributed by atoms with van der Waals surface area (Å²) in [5.41, 5.74) is 0.452. The molecule has 0 saturated carbocycles. The number of likely N-dealkylation sites (N-methyl/N-ethyl adjacent to an activating group) is 1. The average molecular weight is 461 g/mol. The van der Waals surface area contributed by atoms with Crippen molar-refractivity contribution >= 4 is 33.3 Å². The summed E-state index contributed by atoms with van der Waals surface area (Å²) in [5, 5.41) is 11.0. The highest BCUT2D eigenvalue weighted by Crippen LogP contribution is 2.37. The number of piperazine rings is 1. The lowest BCUT2D eigenvalue weighted by atomic mass is 10.0. The van der Waals surface area contributed by atoms with Crippen molar-refractivity contribution in [2.75, 3.05) is 25.0 Å². The van der Waals surface area contributed by atoms with Crippen LogP contribution in [0.3, 0.4) is 0 Å². The molecule has 6 nitrogen and oxygen atoms in total. The van der Waals surface area contributed by atoms with E-state index in [0.29, 0.717) is 28.3 Å². The summed E-state index contributed by atoms with van der Waals surface area (Å²) in [6.45, 7) is 1.65. The minimum absolute atomic E-state index is 0.158. The largest absolute Gasteiger partial charge is 0.477 e. The number of benzene rings is 3. The van der Waals surface area contributed by atoms with Crippen LogP contribution in [0.2, 0.25) is 0 Å². The summed E-state index contributed by atoms with van der Waals surface area (Å²) < 4.78 is 30.3. The SMILES string of the molecule is CN1CC2CC1CN2c1cc2cc3c(cc2cc1F)c(=O)c(C(=O)O)cn3-c1ccc(F)cc1. The van der Waals surface area contributed by atoms with Crippen LogP contribution < -0.4 is 10.3 Å². The number of anilines is 1. The normalized spacial score (nSPS) is 20.0. The van der Waals surface area contributed by atoms with Gasteiger partial charge in [0.2, 0.25) is 5.43 Å². The molecule has 2 aliphatic heterocycles. The standard InChI is InChI=1S/C26H21F2N3O3/c1-29-11-19-10-18(29)12-30(19)24-9-15-8-23-20(6-14(15)7-22(24)28)25(32)21(26(33)34)13-31(23)17-4-2-16(27)3-5-17/h2-9,13,18-19H,10-12H2,1H3,(H,33,34). The van der Waals surface area contributed by atoms with Crippen molar-refractivity contribution in [3.63, 3.8) is 0 Å². The number of aromatic carboxylic acids is 1. The smallest absolute Gasteiger partial charge is 0.341 e. The van der Waals surface area contributed by atoms with Crippen LogP contribution in [0, 0.1) is 11.6 Å². The van der Waals surface area contributed by atoms with Gasteiger partial charge in [-0.15, -0.1) is 0 Å². The third kappa shape index (κ3) is 3.09. The number of aromatic nitrogens is 1. The summed E-state index contributed by atoms with van der Waals surface area (Å²) in [5.74, 6) is -2.16. The molecule has 2 fully saturated rings. The Morgan fingerprint density at radius 2 is 1.74 bits per heavy atom. The maximum absolute atomic E-state index is 15.2. The fourth-order valence-corrected chi connectivity index (χ4v) is 5.43. The Morgan fingerprint density at radius 3 is 2.38 bits per heavy atom. The van der Waals surface area contributed by atoms with Crippen LogP contribution in [0.1, 0.15) is 16.8 Å². The Morgan fingerprint density at radius 1 is 1.00 bits per heavy atom. The van der Waals surface area contributed by atoms with Crippen LogP contribution in [-0.2, 0) is 0 Å². The lowest BCUT2D eigenvalue weighted by Gasteiger charge is -2.34. The van der Waals surface area contributed by atoms with Crippen LogP contribution in [0.25, 0.3) is 27.4 Å². The third-order valence-corrected chi connectivity index (χ3v) is 7.19. The maximum atomic E-state index is 15.2. The zero-order valence-electron chi connectivity index (χ0n) is 18.3. The molecule has 2 atom stereocenters. The number of carboxylic acid groups (broad SMARTS) is 1. The number of halogens is 2. The van der Waals surface area contributed by atoms with Gasteiger partial charge in [-0.2, -0.15) is 0 Å². The minimum atomic E-state index is -1.36. The van der Waals surface area contributed by atoms with Crippen molar-refractivity contribution in [2.24, 2.45) is 0 Å². The molecular formula is C26H21F2N3O3. The van der Waals surface area contributed by atoms with Crippen LogP contribution in [0.4, 0.5) is 14.5 Å². The molecule has 8 heteroatoms. The van der Waals surface area contributed by atoms with Gasteiger partial charge in [-0.3, -0.25) is 9.69 Å². The van der Waals surface area contributed by atoms with E-state index in [-0.39, 0.29) is 17.2 Å². The quantitative estimate of drug-likeness (QED) is 0.467. The van der Waals surface area contributed by atoms with E-state index in [1.165, 1.54) is 42.6 Å². The first-order valence-electron chi connectivity index (χ1n) is 11.1. The van der Waals surface area contributed by atoms with E-state index in [0.717, 1.165) is 24.9 Å². The van der Waals surface area contributed by atoms with E-state index in [1.807, 2.05) is 0 Å². The zero-order valence-corrected chi connectivity index (χ0v) is 18.3. The van der Waals surface area contributed by atoms with Gasteiger partial charge in [0.1, 0.15) is 17.2 Å². The first-order valence-corrected chi connectivity index (χ1v) is 11.1. The summed E-state index contributed by atoms with van der Waals surface area (Å²) >= 11 is 0. The number of carbonyl (C=O) groups is 1. The van der Waals surface area contributed by atoms with Gasteiger partial charge < -0.3 is 14.6 Å². The number of rotatable bonds is 3. The molecule has 0 spiro atoms. The van der Waals surface area contributed by atoms with Gasteiger partial charge >= 0.3 is 5.97 Å². The number of likely N-dealkylation sites (tertiary alicyclic amines) is 1. The van der Waals surface area contributed by atoms with E-state index in [1.54, 1.807) is 16.7 Å². The molecule has 2 aliphatic rings. The lowest BCUT2D eigenvalue weighted by molar-refractivity contribution is 0.0695. The molecule has 2 bridgehead atoms. The molecular weight excluding hydrogens is 440 g/mol. The monoisotopic (exact) mass is 461 g/mol. The van der Waals surface area contributed by atoms with Crippen molar-refractivity contribution in [2.45, 2.75) is 18.5 Å². The Labute approximate surface area is 193 Å². The van der Waals surface area contributed by atoms with Crippen molar-refractivity contribution in [1.29, 1.82) is 0 Å². The van der Waals surface area contributed by atoms with Crippen LogP contribution in [-0.4, -0.2) is 52.8 Å². The van der Waals surface area contributed by atoms with Crippen molar-refractivity contribution in [3.05, 3.63) is 82.1 Å². The van der Waals surface area contributed by atoms with Crippen molar-refractivity contribution in [3.8, 4) is 5.69 Å². The fourth-order valence-electron chi connectivity index (χ4n) is 5.43. The van der Waals surface area contributed by atoms with Crippen molar-refractivity contribution in [1.82, 2.24) is 9.47 Å². The topological polar surface area (TPSA) is 65.8 Å². The summed E-state index contributed by atoms with van der Waals surface area (Å²) in [4.78, 5) is 29.1. The van der Waals surface area contributed by atoms with E-state index in [9.17, 15) is 19.1 Å². The van der Waals surface area contributed by atoms with Crippen LogP contribution >= 0.6 is 0 Å². The van der Waals surface area contributed by atoms with E-state index < -0.39 is 22.8 Å². The Balaban J connectivity index is 1.59. The molecule has 172 valence electrons. The fraction of sp³-hybridized carbons (Fsp3) is 0.231. The highest BCUT2D eigenvalue weighted by molar-refractivity contribution is 6.01. The Bertz CT molecular complexity index is 1550. The average Bonchev–Trinajstić information content (AvgIpc) is 3.38. The highest BCUT2D eigenvalue weighted by atomic mass is 19.1. The van der Waals surface area contributed by atoms with Gasteiger partial charge in [-0.05, 0) is 72.8 Å². The Hall–Kier alpha value is -3.78. The van der Waals surface area contributed by atoms with Gasteiger partial charge in [-0.1, -0.05) is 0 Å². The summed E-state index contributed by atoms with van der Waals surface area (Å²) in [7, 11) is 2.09. The van der Waals surface area contributed by atoms with Crippen LogP contribution in [0.15, 0.2) is 59.5 Å². The number of fused-ring (bicyclic) bond motifs is 4. The van der Waals surface area contributed by atoms with Gasteiger partial charge in [0, 0.05) is 42.4 Å². The number of carboxylic acids is 1. The van der Waals surface area contributed by atoms with E-state index in [4.69, 9.17) is 0 Å². The summed E-state index contributed by atoms with van der Waals surface area (Å²) in [6.07, 6.45) is 2.26. The number of hydrogen-bond donors (Lipinski definition) is 1. The molecule has 3 heterocycles. The van der Waals surface area contributed by atoms with Gasteiger partial charge in [0.25, 0.3) is 0 Å². The first-order chi connectivity index (χ1) is 16.3. The lowest BCUT2D eigenvalue weighted by Crippen LogP contribution is -2.44. The van der Waals surface area contributed by atoms with Gasteiger partial charge in [-0.25, -0.2) is 13.6 Å². The number of pyridine rings is 1. The number of hydrogen-bond acceptors (Lipinski definition) is 4. The second-order valence-electron chi connectivity index (χ2n) is 9.18. The van der Waals surface area contributed by atoms with E-state index in [2.05, 4.69) is 16.8 Å². The molecule has 0 amide bonds. The number of nitrogens with zero attached hydrogens (tertiary/aromatic N) is 3. The van der Waals surface area contributed by atoms with Crippen LogP contribution in [0.5, 0.6) is 0 Å². The predicted molar refractivity (Wildman–Crippen MR) is 126 cm³/mol. The molecule has 0 radical (unpaired) electrons. The molecule has 3 aromatic carbocycles. The summed E-state index contributed by atoms with van der Waals surface area (Å²) in [6, 6.07) is 12.8.